The van der Waals surface area contributed by atoms with Gasteiger partial charge in [-0.2, -0.15) is 0 Å². The molecule has 0 spiro atoms. The molecule has 1 heterocycles. The van der Waals surface area contributed by atoms with E-state index in [-0.39, 0.29) is 19.4 Å². The van der Waals surface area contributed by atoms with E-state index in [1.807, 2.05) is 30.3 Å². The van der Waals surface area contributed by atoms with Crippen molar-refractivity contribution in [3.8, 4) is 5.75 Å². The molecule has 4 rings (SSSR count). The molecule has 0 bridgehead atoms. The van der Waals surface area contributed by atoms with Gasteiger partial charge >= 0.3 is 184 Å². The fraction of sp³-hybridized carbons (Fsp3) is 0.200. The van der Waals surface area contributed by atoms with Crippen LogP contribution in [0.25, 0.3) is 11.0 Å². The molecular weight excluding hydrogens is 437 g/mol. The first-order valence-electron chi connectivity index (χ1n) is 10.1. The van der Waals surface area contributed by atoms with E-state index in [2.05, 4.69) is 76.2 Å². The number of hydrogen-bond donors (Lipinski definition) is 0. The average Bonchev–Trinajstić information content (AvgIpc) is 3.24. The molecule has 152 valence electrons. The van der Waals surface area contributed by atoms with Gasteiger partial charge in [0.05, 0.1) is 0 Å². The predicted molar refractivity (Wildman–Crippen MR) is 123 cm³/mol. The first-order valence-corrected chi connectivity index (χ1v) is 11.8. The van der Waals surface area contributed by atoms with Crippen LogP contribution < -0.4 is 9.20 Å². The van der Waals surface area contributed by atoms with Crippen LogP contribution in [0.15, 0.2) is 91.5 Å². The van der Waals surface area contributed by atoms with Gasteiger partial charge in [-0.3, -0.25) is 0 Å². The number of methoxy groups -OCH3 is 1. The Morgan fingerprint density at radius 3 is 2.47 bits per heavy atom. The van der Waals surface area contributed by atoms with Crippen molar-refractivity contribution in [2.24, 2.45) is 0 Å². The van der Waals surface area contributed by atoms with Crippen molar-refractivity contribution < 1.29 is 4.74 Å². The summed E-state index contributed by atoms with van der Waals surface area (Å²) in [5.41, 5.74) is 3.21. The van der Waals surface area contributed by atoms with Crippen molar-refractivity contribution in [2.45, 2.75) is 23.7 Å². The maximum absolute atomic E-state index is 5.42. The molecule has 3 aromatic carbocycles. The van der Waals surface area contributed by atoms with Crippen LogP contribution in [0.3, 0.4) is 0 Å². The molecule has 0 aliphatic rings. The number of fused-ring (bicyclic) bond motifs is 1. The minimum atomic E-state index is -0.306. The second-order valence-corrected chi connectivity index (χ2v) is 9.93. The van der Waals surface area contributed by atoms with Gasteiger partial charge in [0.2, 0.25) is 0 Å². The molecule has 1 atom stereocenters. The van der Waals surface area contributed by atoms with Gasteiger partial charge in [0.1, 0.15) is 0 Å². The van der Waals surface area contributed by atoms with E-state index in [0.717, 1.165) is 36.0 Å². The van der Waals surface area contributed by atoms with Crippen molar-refractivity contribution >= 4 is 30.5 Å². The molecule has 0 aliphatic heterocycles. The van der Waals surface area contributed by atoms with Crippen LogP contribution in [0, 0.1) is 0 Å². The Morgan fingerprint density at radius 1 is 1.00 bits per heavy atom. The van der Waals surface area contributed by atoms with Gasteiger partial charge in [0.25, 0.3) is 0 Å². The molecular formula is C25H25N3OSe. The van der Waals surface area contributed by atoms with Crippen LogP contribution in [0.2, 0.25) is 0 Å². The summed E-state index contributed by atoms with van der Waals surface area (Å²) in [6.45, 7) is 3.93. The van der Waals surface area contributed by atoms with Gasteiger partial charge in [-0.1, -0.05) is 0 Å². The van der Waals surface area contributed by atoms with Gasteiger partial charge in [-0.15, -0.1) is 0 Å². The van der Waals surface area contributed by atoms with E-state index in [1.54, 1.807) is 7.11 Å². The summed E-state index contributed by atoms with van der Waals surface area (Å²) in [6, 6.07) is 27.3. The Balaban J connectivity index is 1.92. The topological polar surface area (TPSA) is 39.9 Å². The fourth-order valence-electron chi connectivity index (χ4n) is 3.68. The number of allylic oxidation sites excluding steroid dienone is 1. The number of benzene rings is 3. The molecule has 1 aromatic heterocycles. The van der Waals surface area contributed by atoms with Crippen LogP contribution in [-0.2, 0) is 4.44 Å². The number of hydrogen-bond acceptors (Lipinski definition) is 3. The maximum atomic E-state index is 5.42. The third kappa shape index (κ3) is 4.04. The number of rotatable bonds is 9. The molecule has 0 amide bonds. The van der Waals surface area contributed by atoms with Crippen LogP contribution in [0.5, 0.6) is 5.75 Å². The predicted octanol–water partition coefficient (Wildman–Crippen LogP) is 4.53. The normalized spacial score (nSPS) is 13.1. The van der Waals surface area contributed by atoms with E-state index < -0.39 is 0 Å². The number of unbranched alkanes of at least 4 members (excludes halogenated alkanes) is 1. The third-order valence-corrected chi connectivity index (χ3v) is 8.25. The zero-order valence-corrected chi connectivity index (χ0v) is 18.8. The second kappa shape index (κ2) is 9.29. The van der Waals surface area contributed by atoms with E-state index in [1.165, 1.54) is 10.0 Å². The van der Waals surface area contributed by atoms with E-state index in [0.29, 0.717) is 0 Å². The van der Waals surface area contributed by atoms with Crippen LogP contribution in [0.4, 0.5) is 0 Å². The standard InChI is InChI=1S/C25H25N3OSe/c1-3-4-10-19-25(30-22-11-6-5-7-12-22,20-15-17-21(29-2)18-16-20)28-24-14-9-8-13-23(24)26-27-28/h3,5-9,11-18H,1,4,10,19H2,2H3. The van der Waals surface area contributed by atoms with Crippen molar-refractivity contribution in [3.05, 3.63) is 97.1 Å². The molecule has 0 saturated carbocycles. The molecule has 5 heteroatoms. The van der Waals surface area contributed by atoms with Crippen LogP contribution >= 0.6 is 0 Å². The van der Waals surface area contributed by atoms with Gasteiger partial charge in [-0.25, -0.2) is 0 Å². The zero-order valence-electron chi connectivity index (χ0n) is 17.1. The minimum absolute atomic E-state index is 0.0838. The van der Waals surface area contributed by atoms with Gasteiger partial charge in [0.15, 0.2) is 0 Å². The summed E-state index contributed by atoms with van der Waals surface area (Å²) in [7, 11) is 1.70. The number of ether oxygens (including phenoxy) is 1. The van der Waals surface area contributed by atoms with Crippen molar-refractivity contribution in [1.82, 2.24) is 15.0 Å². The third-order valence-electron chi connectivity index (χ3n) is 5.19. The first kappa shape index (κ1) is 20.4. The fourth-order valence-corrected chi connectivity index (χ4v) is 6.63. The van der Waals surface area contributed by atoms with Crippen molar-refractivity contribution in [1.29, 1.82) is 0 Å². The zero-order chi connectivity index (χ0) is 20.8. The summed E-state index contributed by atoms with van der Waals surface area (Å²) in [4.78, 5) is 0. The van der Waals surface area contributed by atoms with Gasteiger partial charge < -0.3 is 0 Å². The second-order valence-electron chi connectivity index (χ2n) is 7.10. The Bertz CT molecular complexity index is 1110. The average molecular weight is 462 g/mol. The molecule has 0 N–H and O–H groups in total. The molecule has 0 fully saturated rings. The monoisotopic (exact) mass is 463 g/mol. The number of aromatic nitrogens is 3. The number of nitrogens with zero attached hydrogens (tertiary/aromatic N) is 3. The van der Waals surface area contributed by atoms with Crippen LogP contribution in [-0.4, -0.2) is 37.1 Å². The van der Waals surface area contributed by atoms with Gasteiger partial charge in [-0.05, 0) is 0 Å². The Hall–Kier alpha value is -2.88. The Labute approximate surface area is 183 Å². The van der Waals surface area contributed by atoms with E-state index >= 15 is 0 Å². The molecule has 0 aliphatic carbocycles. The summed E-state index contributed by atoms with van der Waals surface area (Å²) in [5.74, 6) is 0.856. The van der Waals surface area contributed by atoms with Crippen molar-refractivity contribution in [3.63, 3.8) is 0 Å². The molecule has 4 nitrogen and oxygen atoms in total. The molecule has 0 saturated heterocycles. The summed E-state index contributed by atoms with van der Waals surface area (Å²) < 4.78 is 8.60. The molecule has 4 aromatic rings. The first-order chi connectivity index (χ1) is 14.8. The van der Waals surface area contributed by atoms with Gasteiger partial charge in [0, 0.05) is 0 Å². The Morgan fingerprint density at radius 2 is 1.73 bits per heavy atom. The number of para-hydroxylation sites is 1. The summed E-state index contributed by atoms with van der Waals surface area (Å²) in [6.07, 6.45) is 4.94. The Kier molecular flexibility index (Phi) is 6.32. The van der Waals surface area contributed by atoms with E-state index in [9.17, 15) is 0 Å². The van der Waals surface area contributed by atoms with Crippen LogP contribution in [0.1, 0.15) is 24.8 Å². The van der Waals surface area contributed by atoms with Crippen molar-refractivity contribution in [2.75, 3.05) is 7.11 Å². The SMILES string of the molecule is C=CCCCC([Se]c1ccccc1)(c1ccc(OC)cc1)n1nnc2ccccc21. The molecule has 1 unspecified atom stereocenters. The quantitative estimate of drug-likeness (QED) is 0.209. The molecule has 0 radical (unpaired) electrons. The van der Waals surface area contributed by atoms with E-state index in [4.69, 9.17) is 4.74 Å². The summed E-state index contributed by atoms with van der Waals surface area (Å²) in [5, 5.41) is 9.18. The molecule has 30 heavy (non-hydrogen) atoms. The summed E-state index contributed by atoms with van der Waals surface area (Å²) >= 11 is 0.0838.